The van der Waals surface area contributed by atoms with Crippen molar-refractivity contribution >= 4 is 28.3 Å². The number of hydrogen-bond donors (Lipinski definition) is 2. The van der Waals surface area contributed by atoms with E-state index in [1.165, 1.54) is 36.6 Å². The van der Waals surface area contributed by atoms with Crippen molar-refractivity contribution in [3.63, 3.8) is 0 Å². The fourth-order valence-corrected chi connectivity index (χ4v) is 3.46. The van der Waals surface area contributed by atoms with Gasteiger partial charge in [-0.2, -0.15) is 0 Å². The predicted molar refractivity (Wildman–Crippen MR) is 73.5 cm³/mol. The summed E-state index contributed by atoms with van der Waals surface area (Å²) in [6.45, 7) is 0. The van der Waals surface area contributed by atoms with Crippen molar-refractivity contribution in [3.05, 3.63) is 34.0 Å². The molecule has 1 aliphatic carbocycles. The Morgan fingerprint density at radius 3 is 3.38 bits per heavy atom. The van der Waals surface area contributed by atoms with Gasteiger partial charge in [0.2, 0.25) is 0 Å². The number of nitrogens with two attached hydrogens (primary N) is 1. The van der Waals surface area contributed by atoms with E-state index < -0.39 is 0 Å². The van der Waals surface area contributed by atoms with Gasteiger partial charge in [0.05, 0.1) is 0 Å². The first-order valence-electron chi connectivity index (χ1n) is 5.47. The van der Waals surface area contributed by atoms with Gasteiger partial charge in [0, 0.05) is 16.5 Å². The number of fused-ring (bicyclic) bond motifs is 1. The number of nitrogens with one attached hydrogen (secondary N) is 1. The molecular weight excluding hydrogens is 236 g/mol. The van der Waals surface area contributed by atoms with Crippen LogP contribution in [0.2, 0.25) is 0 Å². The van der Waals surface area contributed by atoms with Crippen LogP contribution in [0.1, 0.15) is 29.2 Å². The third kappa shape index (κ3) is 2.89. The van der Waals surface area contributed by atoms with Crippen LogP contribution in [0.5, 0.6) is 0 Å². The van der Waals surface area contributed by atoms with Gasteiger partial charge < -0.3 is 5.73 Å². The van der Waals surface area contributed by atoms with Crippen molar-refractivity contribution < 1.29 is 0 Å². The highest BCUT2D eigenvalue weighted by molar-refractivity contribution is 8.13. The lowest BCUT2D eigenvalue weighted by Crippen LogP contribution is -2.05. The van der Waals surface area contributed by atoms with E-state index >= 15 is 0 Å². The van der Waals surface area contributed by atoms with Crippen molar-refractivity contribution in [3.8, 4) is 0 Å². The molecule has 0 saturated heterocycles. The van der Waals surface area contributed by atoms with Crippen molar-refractivity contribution in [1.29, 1.82) is 5.41 Å². The second-order valence-corrected chi connectivity index (χ2v) is 5.96. The highest BCUT2D eigenvalue weighted by atomic mass is 32.2. The average Bonchev–Trinajstić information content (AvgIpc) is 2.72. The molecule has 0 aromatic carbocycles. The fourth-order valence-electron chi connectivity index (χ4n) is 2.08. The molecule has 0 bridgehead atoms. The first-order valence-corrected chi connectivity index (χ1v) is 7.33. The van der Waals surface area contributed by atoms with Gasteiger partial charge in [-0.15, -0.1) is 11.3 Å². The fraction of sp³-hybridized carbons (Fsp3) is 0.417. The SMILES string of the molecule is N=C(N)SC/C=C/C1CCCc2sccc21. The Balaban J connectivity index is 1.94. The topological polar surface area (TPSA) is 49.9 Å². The number of thioether (sulfide) groups is 1. The van der Waals surface area contributed by atoms with Gasteiger partial charge >= 0.3 is 0 Å². The second kappa shape index (κ2) is 5.55. The highest BCUT2D eigenvalue weighted by Gasteiger charge is 2.18. The third-order valence-corrected chi connectivity index (χ3v) is 4.47. The minimum Gasteiger partial charge on any atom is -0.379 e. The van der Waals surface area contributed by atoms with Crippen molar-refractivity contribution in [2.75, 3.05) is 5.75 Å². The maximum Gasteiger partial charge on any atom is 0.151 e. The molecule has 1 atom stereocenters. The van der Waals surface area contributed by atoms with Gasteiger partial charge in [0.15, 0.2) is 5.17 Å². The van der Waals surface area contributed by atoms with Gasteiger partial charge in [-0.05, 0) is 36.3 Å². The Labute approximate surface area is 104 Å². The summed E-state index contributed by atoms with van der Waals surface area (Å²) in [5.41, 5.74) is 6.80. The summed E-state index contributed by atoms with van der Waals surface area (Å²) in [7, 11) is 0. The number of hydrogen-bond acceptors (Lipinski definition) is 3. The van der Waals surface area contributed by atoms with E-state index in [2.05, 4.69) is 23.6 Å². The first kappa shape index (κ1) is 11.7. The summed E-state index contributed by atoms with van der Waals surface area (Å²) < 4.78 is 0. The molecule has 1 unspecified atom stereocenters. The molecule has 1 aromatic rings. The van der Waals surface area contributed by atoms with Gasteiger partial charge in [-0.3, -0.25) is 5.41 Å². The quantitative estimate of drug-likeness (QED) is 0.492. The van der Waals surface area contributed by atoms with Crippen LogP contribution >= 0.6 is 23.1 Å². The number of aryl methyl sites for hydroxylation is 1. The number of rotatable bonds is 3. The van der Waals surface area contributed by atoms with Crippen LogP contribution in [-0.4, -0.2) is 10.9 Å². The molecule has 1 aliphatic rings. The zero-order chi connectivity index (χ0) is 11.4. The standard InChI is InChI=1S/C12H16N2S2/c13-12(14)16-7-2-4-9-3-1-5-11-10(9)6-8-15-11/h2,4,6,8-9H,1,3,5,7H2,(H3,13,14)/b4-2+. The van der Waals surface area contributed by atoms with E-state index in [4.69, 9.17) is 11.1 Å². The molecular formula is C12H16N2S2. The van der Waals surface area contributed by atoms with Gasteiger partial charge in [0.25, 0.3) is 0 Å². The molecule has 2 nitrogen and oxygen atoms in total. The van der Waals surface area contributed by atoms with Crippen molar-refractivity contribution in [2.24, 2.45) is 5.73 Å². The van der Waals surface area contributed by atoms with Crippen LogP contribution in [0.25, 0.3) is 0 Å². The summed E-state index contributed by atoms with van der Waals surface area (Å²) in [5.74, 6) is 1.40. The molecule has 0 fully saturated rings. The summed E-state index contributed by atoms with van der Waals surface area (Å²) in [6, 6.07) is 2.26. The van der Waals surface area contributed by atoms with Crippen LogP contribution in [0.15, 0.2) is 23.6 Å². The number of allylic oxidation sites excluding steroid dienone is 1. The van der Waals surface area contributed by atoms with Crippen LogP contribution < -0.4 is 5.73 Å². The molecule has 1 heterocycles. The monoisotopic (exact) mass is 252 g/mol. The maximum absolute atomic E-state index is 7.12. The molecule has 0 amide bonds. The molecule has 0 radical (unpaired) electrons. The molecule has 2 rings (SSSR count). The van der Waals surface area contributed by atoms with Crippen molar-refractivity contribution in [1.82, 2.24) is 0 Å². The predicted octanol–water partition coefficient (Wildman–Crippen LogP) is 3.35. The number of thiophene rings is 1. The lowest BCUT2D eigenvalue weighted by Gasteiger charge is -2.19. The van der Waals surface area contributed by atoms with E-state index in [0.29, 0.717) is 5.92 Å². The molecule has 0 saturated carbocycles. The maximum atomic E-state index is 7.12. The molecule has 0 spiro atoms. The Morgan fingerprint density at radius 1 is 1.69 bits per heavy atom. The van der Waals surface area contributed by atoms with Gasteiger partial charge in [-0.25, -0.2) is 0 Å². The van der Waals surface area contributed by atoms with E-state index in [1.54, 1.807) is 4.88 Å². The molecule has 86 valence electrons. The normalized spacial score (nSPS) is 19.9. The Hall–Kier alpha value is -0.740. The smallest absolute Gasteiger partial charge is 0.151 e. The Kier molecular flexibility index (Phi) is 4.07. The van der Waals surface area contributed by atoms with E-state index in [0.717, 1.165) is 5.75 Å². The average molecular weight is 252 g/mol. The van der Waals surface area contributed by atoms with Crippen molar-refractivity contribution in [2.45, 2.75) is 25.2 Å². The summed E-state index contributed by atoms with van der Waals surface area (Å²) >= 11 is 3.26. The Bertz CT molecular complexity index is 395. The Morgan fingerprint density at radius 2 is 2.56 bits per heavy atom. The minimum atomic E-state index is 0.199. The number of amidine groups is 1. The van der Waals surface area contributed by atoms with E-state index in [9.17, 15) is 0 Å². The van der Waals surface area contributed by atoms with Crippen LogP contribution in [0.3, 0.4) is 0 Å². The van der Waals surface area contributed by atoms with Crippen LogP contribution in [0, 0.1) is 5.41 Å². The van der Waals surface area contributed by atoms with Gasteiger partial charge in [0.1, 0.15) is 0 Å². The van der Waals surface area contributed by atoms with E-state index in [-0.39, 0.29) is 5.17 Å². The first-order chi connectivity index (χ1) is 7.77. The molecule has 1 aromatic heterocycles. The van der Waals surface area contributed by atoms with Crippen LogP contribution in [0.4, 0.5) is 0 Å². The summed E-state index contributed by atoms with van der Waals surface area (Å²) in [5, 5.41) is 9.51. The molecule has 16 heavy (non-hydrogen) atoms. The molecule has 3 N–H and O–H groups in total. The largest absolute Gasteiger partial charge is 0.379 e. The summed E-state index contributed by atoms with van der Waals surface area (Å²) in [6.07, 6.45) is 8.22. The van der Waals surface area contributed by atoms with Crippen LogP contribution in [-0.2, 0) is 6.42 Å². The zero-order valence-electron chi connectivity index (χ0n) is 9.11. The minimum absolute atomic E-state index is 0.199. The molecule has 0 aliphatic heterocycles. The molecule has 4 heteroatoms. The van der Waals surface area contributed by atoms with E-state index in [1.807, 2.05) is 11.3 Å². The lowest BCUT2D eigenvalue weighted by molar-refractivity contribution is 0.638. The highest BCUT2D eigenvalue weighted by Crippen LogP contribution is 2.35. The lowest BCUT2D eigenvalue weighted by atomic mass is 9.87. The second-order valence-electron chi connectivity index (χ2n) is 3.90. The van der Waals surface area contributed by atoms with Gasteiger partial charge in [-0.1, -0.05) is 23.9 Å². The third-order valence-electron chi connectivity index (χ3n) is 2.80. The summed E-state index contributed by atoms with van der Waals surface area (Å²) in [4.78, 5) is 1.56. The zero-order valence-corrected chi connectivity index (χ0v) is 10.7.